The van der Waals surface area contributed by atoms with Crippen LogP contribution >= 0.6 is 0 Å². The minimum Gasteiger partial charge on any atom is -0.456 e. The lowest BCUT2D eigenvalue weighted by molar-refractivity contribution is 0.645. The SMILES string of the molecule is CCCCCC#Cc1cc(CCCCC)c2oc3ccccc3c(=O)c2c1. The quantitative estimate of drug-likeness (QED) is 0.269. The molecule has 0 spiro atoms. The third kappa shape index (κ3) is 4.61. The lowest BCUT2D eigenvalue weighted by Crippen LogP contribution is -2.04. The topological polar surface area (TPSA) is 30.2 Å². The smallest absolute Gasteiger partial charge is 0.200 e. The summed E-state index contributed by atoms with van der Waals surface area (Å²) in [5.41, 5.74) is 3.45. The van der Waals surface area contributed by atoms with Crippen molar-refractivity contribution in [2.45, 2.75) is 65.2 Å². The first-order valence-corrected chi connectivity index (χ1v) is 10.2. The summed E-state index contributed by atoms with van der Waals surface area (Å²) in [7, 11) is 0. The molecule has 2 nitrogen and oxygen atoms in total. The van der Waals surface area contributed by atoms with E-state index in [1.165, 1.54) is 25.7 Å². The Morgan fingerprint density at radius 2 is 1.70 bits per heavy atom. The van der Waals surface area contributed by atoms with Crippen LogP contribution in [0.2, 0.25) is 0 Å². The van der Waals surface area contributed by atoms with E-state index in [-0.39, 0.29) is 5.43 Å². The summed E-state index contributed by atoms with van der Waals surface area (Å²) in [6.45, 7) is 4.40. The number of para-hydroxylation sites is 1. The number of benzene rings is 2. The molecule has 1 aromatic heterocycles. The summed E-state index contributed by atoms with van der Waals surface area (Å²) < 4.78 is 6.15. The van der Waals surface area contributed by atoms with E-state index in [0.29, 0.717) is 16.4 Å². The van der Waals surface area contributed by atoms with Crippen LogP contribution in [0.4, 0.5) is 0 Å². The van der Waals surface area contributed by atoms with E-state index in [1.54, 1.807) is 0 Å². The highest BCUT2D eigenvalue weighted by Crippen LogP contribution is 2.25. The maximum Gasteiger partial charge on any atom is 0.200 e. The fourth-order valence-corrected chi connectivity index (χ4v) is 3.43. The van der Waals surface area contributed by atoms with Gasteiger partial charge in [-0.1, -0.05) is 63.5 Å². The highest BCUT2D eigenvalue weighted by Gasteiger charge is 2.12. The molecule has 1 heterocycles. The summed E-state index contributed by atoms with van der Waals surface area (Å²) in [6.07, 6.45) is 8.80. The predicted molar refractivity (Wildman–Crippen MR) is 114 cm³/mol. The first-order valence-electron chi connectivity index (χ1n) is 10.2. The van der Waals surface area contributed by atoms with Crippen LogP contribution in [0.5, 0.6) is 0 Å². The second-order valence-electron chi connectivity index (χ2n) is 7.16. The van der Waals surface area contributed by atoms with Crippen molar-refractivity contribution < 1.29 is 4.42 Å². The van der Waals surface area contributed by atoms with Crippen molar-refractivity contribution in [1.82, 2.24) is 0 Å². The van der Waals surface area contributed by atoms with Crippen LogP contribution in [0.3, 0.4) is 0 Å². The van der Waals surface area contributed by atoms with Gasteiger partial charge in [0.2, 0.25) is 5.43 Å². The van der Waals surface area contributed by atoms with Crippen LogP contribution < -0.4 is 5.43 Å². The summed E-state index contributed by atoms with van der Waals surface area (Å²) in [4.78, 5) is 13.0. The number of hydrogen-bond donors (Lipinski definition) is 0. The van der Waals surface area contributed by atoms with Gasteiger partial charge in [0.1, 0.15) is 11.2 Å². The Bertz CT molecular complexity index is 1030. The summed E-state index contributed by atoms with van der Waals surface area (Å²) in [5.74, 6) is 6.54. The molecule has 0 fully saturated rings. The van der Waals surface area contributed by atoms with Crippen LogP contribution in [0.15, 0.2) is 45.6 Å². The average Bonchev–Trinajstić information content (AvgIpc) is 2.69. The third-order valence-corrected chi connectivity index (χ3v) is 4.94. The Kier molecular flexibility index (Phi) is 6.71. The monoisotopic (exact) mass is 360 g/mol. The maximum absolute atomic E-state index is 13.0. The second-order valence-corrected chi connectivity index (χ2v) is 7.16. The van der Waals surface area contributed by atoms with E-state index in [9.17, 15) is 4.79 Å². The molecule has 140 valence electrons. The van der Waals surface area contributed by atoms with Crippen molar-refractivity contribution in [3.63, 3.8) is 0 Å². The first-order chi connectivity index (χ1) is 13.2. The molecule has 3 aromatic rings. The summed E-state index contributed by atoms with van der Waals surface area (Å²) in [5, 5.41) is 1.29. The van der Waals surface area contributed by atoms with Gasteiger partial charge >= 0.3 is 0 Å². The van der Waals surface area contributed by atoms with Crippen molar-refractivity contribution in [3.8, 4) is 11.8 Å². The van der Waals surface area contributed by atoms with Crippen molar-refractivity contribution in [2.24, 2.45) is 0 Å². The van der Waals surface area contributed by atoms with Crippen LogP contribution in [-0.2, 0) is 6.42 Å². The van der Waals surface area contributed by atoms with E-state index >= 15 is 0 Å². The highest BCUT2D eigenvalue weighted by atomic mass is 16.3. The van der Waals surface area contributed by atoms with Crippen molar-refractivity contribution in [1.29, 1.82) is 0 Å². The zero-order valence-corrected chi connectivity index (χ0v) is 16.4. The minimum atomic E-state index is 0.0400. The lowest BCUT2D eigenvalue weighted by Gasteiger charge is -2.08. The molecule has 0 saturated carbocycles. The number of fused-ring (bicyclic) bond motifs is 2. The second kappa shape index (κ2) is 9.42. The average molecular weight is 360 g/mol. The van der Waals surface area contributed by atoms with Gasteiger partial charge in [-0.2, -0.15) is 0 Å². The van der Waals surface area contributed by atoms with Crippen LogP contribution in [0, 0.1) is 11.8 Å². The van der Waals surface area contributed by atoms with Gasteiger partial charge in [0.05, 0.1) is 10.8 Å². The normalized spacial score (nSPS) is 10.9. The fourth-order valence-electron chi connectivity index (χ4n) is 3.43. The first kappa shape index (κ1) is 19.2. The molecule has 0 aliphatic carbocycles. The van der Waals surface area contributed by atoms with Gasteiger partial charge < -0.3 is 4.42 Å². The van der Waals surface area contributed by atoms with E-state index in [1.807, 2.05) is 30.3 Å². The van der Waals surface area contributed by atoms with E-state index in [4.69, 9.17) is 4.42 Å². The van der Waals surface area contributed by atoms with E-state index in [2.05, 4.69) is 31.8 Å². The third-order valence-electron chi connectivity index (χ3n) is 4.94. The molecule has 3 rings (SSSR count). The van der Waals surface area contributed by atoms with Crippen LogP contribution in [0.25, 0.3) is 21.9 Å². The molecule has 0 bridgehead atoms. The highest BCUT2D eigenvalue weighted by molar-refractivity contribution is 5.91. The zero-order chi connectivity index (χ0) is 19.1. The Hall–Kier alpha value is -2.53. The zero-order valence-electron chi connectivity index (χ0n) is 16.4. The van der Waals surface area contributed by atoms with Crippen molar-refractivity contribution >= 4 is 21.9 Å². The molecule has 0 amide bonds. The largest absolute Gasteiger partial charge is 0.456 e. The van der Waals surface area contributed by atoms with Gasteiger partial charge in [-0.15, -0.1) is 0 Å². The van der Waals surface area contributed by atoms with Gasteiger partial charge in [0.25, 0.3) is 0 Å². The predicted octanol–water partition coefficient (Wildman–Crippen LogP) is 6.61. The molecule has 0 saturated heterocycles. The molecule has 0 atom stereocenters. The minimum absolute atomic E-state index is 0.0400. The standard InChI is InChI=1S/C25H28O2/c1-3-5-7-8-10-13-19-17-20(14-9-6-4-2)25-22(18-19)24(26)21-15-11-12-16-23(21)27-25/h11-12,15-18H,3-9,14H2,1-2H3. The Morgan fingerprint density at radius 3 is 2.52 bits per heavy atom. The van der Waals surface area contributed by atoms with Crippen molar-refractivity contribution in [2.75, 3.05) is 0 Å². The number of unbranched alkanes of at least 4 members (excludes halogenated alkanes) is 5. The van der Waals surface area contributed by atoms with Crippen LogP contribution in [-0.4, -0.2) is 0 Å². The molecule has 2 aromatic carbocycles. The maximum atomic E-state index is 13.0. The molecular formula is C25H28O2. The van der Waals surface area contributed by atoms with Crippen LogP contribution in [0.1, 0.15) is 69.9 Å². The van der Waals surface area contributed by atoms with E-state index < -0.39 is 0 Å². The number of hydrogen-bond acceptors (Lipinski definition) is 2. The molecular weight excluding hydrogens is 332 g/mol. The lowest BCUT2D eigenvalue weighted by atomic mass is 10.00. The number of rotatable bonds is 7. The Balaban J connectivity index is 2.08. The molecule has 27 heavy (non-hydrogen) atoms. The molecule has 0 N–H and O–H groups in total. The summed E-state index contributed by atoms with van der Waals surface area (Å²) in [6, 6.07) is 11.5. The molecule has 2 heteroatoms. The molecule has 0 radical (unpaired) electrons. The van der Waals surface area contributed by atoms with E-state index in [0.717, 1.165) is 42.4 Å². The number of aryl methyl sites for hydroxylation is 1. The van der Waals surface area contributed by atoms with Crippen molar-refractivity contribution in [3.05, 3.63) is 57.7 Å². The van der Waals surface area contributed by atoms with Gasteiger partial charge in [-0.25, -0.2) is 0 Å². The molecule has 0 unspecified atom stereocenters. The van der Waals surface area contributed by atoms with Gasteiger partial charge in [0, 0.05) is 12.0 Å². The molecule has 0 aliphatic heterocycles. The van der Waals surface area contributed by atoms with Gasteiger partial charge in [-0.3, -0.25) is 4.79 Å². The summed E-state index contributed by atoms with van der Waals surface area (Å²) >= 11 is 0. The Labute approximate surface area is 161 Å². The molecule has 0 aliphatic rings. The van der Waals surface area contributed by atoms with Gasteiger partial charge in [-0.05, 0) is 49.1 Å². The fraction of sp³-hybridized carbons (Fsp3) is 0.400. The van der Waals surface area contributed by atoms with Gasteiger partial charge in [0.15, 0.2) is 0 Å². The Morgan fingerprint density at radius 1 is 0.926 bits per heavy atom.